The van der Waals surface area contributed by atoms with Crippen LogP contribution in [0, 0.1) is 17.3 Å². The molecule has 0 aromatic heterocycles. The van der Waals surface area contributed by atoms with Gasteiger partial charge in [-0.15, -0.1) is 0 Å². The Morgan fingerprint density at radius 3 is 2.53 bits per heavy atom. The highest BCUT2D eigenvalue weighted by Crippen LogP contribution is 2.29. The molecule has 4 heteroatoms. The van der Waals surface area contributed by atoms with Crippen molar-refractivity contribution in [1.82, 2.24) is 4.90 Å². The number of amides is 1. The highest BCUT2D eigenvalue weighted by molar-refractivity contribution is 5.78. The maximum Gasteiger partial charge on any atom is 0.310 e. The number of nitrogens with zero attached hydrogens (tertiary/aromatic N) is 1. The minimum Gasteiger partial charge on any atom is -0.469 e. The topological polar surface area (TPSA) is 46.6 Å². The van der Waals surface area contributed by atoms with Gasteiger partial charge in [-0.05, 0) is 24.2 Å². The molecule has 2 atom stereocenters. The molecular formula is C15H27NO3. The van der Waals surface area contributed by atoms with Crippen LogP contribution in [0.15, 0.2) is 0 Å². The van der Waals surface area contributed by atoms with E-state index < -0.39 is 0 Å². The van der Waals surface area contributed by atoms with Crippen LogP contribution in [-0.2, 0) is 14.3 Å². The van der Waals surface area contributed by atoms with Crippen LogP contribution < -0.4 is 0 Å². The summed E-state index contributed by atoms with van der Waals surface area (Å²) in [7, 11) is 1.41. The minimum atomic E-state index is -0.193. The lowest BCUT2D eigenvalue weighted by molar-refractivity contribution is -0.149. The smallest absolute Gasteiger partial charge is 0.310 e. The Kier molecular flexibility index (Phi) is 5.39. The summed E-state index contributed by atoms with van der Waals surface area (Å²) in [5, 5.41) is 0. The molecule has 0 aliphatic carbocycles. The molecule has 0 radical (unpaired) electrons. The van der Waals surface area contributed by atoms with Crippen molar-refractivity contribution in [3.8, 4) is 0 Å². The van der Waals surface area contributed by atoms with Crippen LogP contribution in [0.25, 0.3) is 0 Å². The van der Waals surface area contributed by atoms with Crippen molar-refractivity contribution in [2.24, 2.45) is 17.3 Å². The number of carbonyl (C=O) groups is 2. The quantitative estimate of drug-likeness (QED) is 0.739. The molecule has 0 saturated carbocycles. The summed E-state index contributed by atoms with van der Waals surface area (Å²) in [6.07, 6.45) is 2.26. The molecule has 0 aromatic rings. The molecule has 0 N–H and O–H groups in total. The third-order valence-electron chi connectivity index (χ3n) is 4.27. The third-order valence-corrected chi connectivity index (χ3v) is 4.27. The van der Waals surface area contributed by atoms with Gasteiger partial charge in [-0.3, -0.25) is 9.59 Å². The van der Waals surface area contributed by atoms with E-state index >= 15 is 0 Å². The minimum absolute atomic E-state index is 0.132. The van der Waals surface area contributed by atoms with E-state index in [1.165, 1.54) is 7.11 Å². The second kappa shape index (κ2) is 6.40. The SMILES string of the molecule is COC(=O)[C@@H]1CCCN(C(=O)CC(C)C(C)(C)C)C1. The highest BCUT2D eigenvalue weighted by atomic mass is 16.5. The Labute approximate surface area is 116 Å². The number of piperidine rings is 1. The molecule has 0 aromatic carbocycles. The van der Waals surface area contributed by atoms with E-state index in [-0.39, 0.29) is 23.2 Å². The first-order valence-electron chi connectivity index (χ1n) is 7.11. The molecule has 0 spiro atoms. The van der Waals surface area contributed by atoms with Crippen molar-refractivity contribution >= 4 is 11.9 Å². The number of hydrogen-bond acceptors (Lipinski definition) is 3. The largest absolute Gasteiger partial charge is 0.469 e. The lowest BCUT2D eigenvalue weighted by atomic mass is 9.80. The first-order chi connectivity index (χ1) is 8.75. The predicted octanol–water partition coefficient (Wildman–Crippen LogP) is 2.47. The lowest BCUT2D eigenvalue weighted by Crippen LogP contribution is -2.43. The fourth-order valence-corrected chi connectivity index (χ4v) is 2.26. The standard InChI is InChI=1S/C15H27NO3/c1-11(15(2,3)4)9-13(17)16-8-6-7-12(10-16)14(18)19-5/h11-12H,6-10H2,1-5H3/t11?,12-/m1/s1. The maximum absolute atomic E-state index is 12.3. The van der Waals surface area contributed by atoms with Crippen molar-refractivity contribution in [3.05, 3.63) is 0 Å². The van der Waals surface area contributed by atoms with Crippen LogP contribution in [0.1, 0.15) is 47.0 Å². The van der Waals surface area contributed by atoms with Crippen LogP contribution in [0.3, 0.4) is 0 Å². The van der Waals surface area contributed by atoms with Gasteiger partial charge in [0.1, 0.15) is 0 Å². The number of ether oxygens (including phenoxy) is 1. The molecule has 0 bridgehead atoms. The third kappa shape index (κ3) is 4.51. The molecular weight excluding hydrogens is 242 g/mol. The van der Waals surface area contributed by atoms with Crippen LogP contribution in [0.4, 0.5) is 0 Å². The van der Waals surface area contributed by atoms with Crippen LogP contribution >= 0.6 is 0 Å². The first-order valence-corrected chi connectivity index (χ1v) is 7.11. The fraction of sp³-hybridized carbons (Fsp3) is 0.867. The molecule has 1 rings (SSSR count). The van der Waals surface area contributed by atoms with Gasteiger partial charge < -0.3 is 9.64 Å². The predicted molar refractivity (Wildman–Crippen MR) is 74.6 cm³/mol. The Balaban J connectivity index is 2.55. The Bertz CT molecular complexity index is 333. The lowest BCUT2D eigenvalue weighted by Gasteiger charge is -2.34. The van der Waals surface area contributed by atoms with E-state index in [1.807, 2.05) is 4.90 Å². The first kappa shape index (κ1) is 16.0. The average Bonchev–Trinajstić information content (AvgIpc) is 2.36. The van der Waals surface area contributed by atoms with Gasteiger partial charge in [0, 0.05) is 19.5 Å². The van der Waals surface area contributed by atoms with E-state index in [9.17, 15) is 9.59 Å². The molecule has 1 fully saturated rings. The number of rotatable bonds is 3. The normalized spacial score (nSPS) is 21.9. The number of hydrogen-bond donors (Lipinski definition) is 0. The van der Waals surface area contributed by atoms with Gasteiger partial charge >= 0.3 is 5.97 Å². The molecule has 1 heterocycles. The second-order valence-corrected chi connectivity index (χ2v) is 6.67. The molecule has 1 saturated heterocycles. The molecule has 1 amide bonds. The Morgan fingerprint density at radius 1 is 1.37 bits per heavy atom. The number of esters is 1. The summed E-state index contributed by atoms with van der Waals surface area (Å²) in [6.45, 7) is 9.85. The summed E-state index contributed by atoms with van der Waals surface area (Å²) >= 11 is 0. The maximum atomic E-state index is 12.3. The summed E-state index contributed by atoms with van der Waals surface area (Å²) in [5.74, 6) is 0.156. The zero-order chi connectivity index (χ0) is 14.6. The highest BCUT2D eigenvalue weighted by Gasteiger charge is 2.31. The fourth-order valence-electron chi connectivity index (χ4n) is 2.26. The summed E-state index contributed by atoms with van der Waals surface area (Å²) in [6, 6.07) is 0. The molecule has 1 aliphatic rings. The van der Waals surface area contributed by atoms with Crippen molar-refractivity contribution in [1.29, 1.82) is 0 Å². The Hall–Kier alpha value is -1.06. The molecule has 4 nitrogen and oxygen atoms in total. The summed E-state index contributed by atoms with van der Waals surface area (Å²) in [4.78, 5) is 25.7. The van der Waals surface area contributed by atoms with E-state index in [1.54, 1.807) is 0 Å². The monoisotopic (exact) mass is 269 g/mol. The number of methoxy groups -OCH3 is 1. The van der Waals surface area contributed by atoms with E-state index in [0.29, 0.717) is 18.9 Å². The van der Waals surface area contributed by atoms with E-state index in [0.717, 1.165) is 19.4 Å². The van der Waals surface area contributed by atoms with Gasteiger partial charge in [-0.1, -0.05) is 27.7 Å². The number of likely N-dealkylation sites (tertiary alicyclic amines) is 1. The summed E-state index contributed by atoms with van der Waals surface area (Å²) in [5.41, 5.74) is 0.132. The molecule has 110 valence electrons. The van der Waals surface area contributed by atoms with E-state index in [4.69, 9.17) is 4.74 Å². The van der Waals surface area contributed by atoms with Gasteiger partial charge in [0.05, 0.1) is 13.0 Å². The van der Waals surface area contributed by atoms with Crippen LogP contribution in [0.5, 0.6) is 0 Å². The average molecular weight is 269 g/mol. The second-order valence-electron chi connectivity index (χ2n) is 6.67. The Morgan fingerprint density at radius 2 is 2.00 bits per heavy atom. The van der Waals surface area contributed by atoms with Crippen LogP contribution in [0.2, 0.25) is 0 Å². The van der Waals surface area contributed by atoms with Crippen molar-refractivity contribution in [2.75, 3.05) is 20.2 Å². The van der Waals surface area contributed by atoms with Gasteiger partial charge in [-0.2, -0.15) is 0 Å². The molecule has 1 aliphatic heterocycles. The van der Waals surface area contributed by atoms with Crippen molar-refractivity contribution < 1.29 is 14.3 Å². The van der Waals surface area contributed by atoms with Gasteiger partial charge in [0.25, 0.3) is 0 Å². The van der Waals surface area contributed by atoms with Crippen molar-refractivity contribution in [2.45, 2.75) is 47.0 Å². The molecule has 19 heavy (non-hydrogen) atoms. The van der Waals surface area contributed by atoms with E-state index in [2.05, 4.69) is 27.7 Å². The van der Waals surface area contributed by atoms with Gasteiger partial charge in [-0.25, -0.2) is 0 Å². The van der Waals surface area contributed by atoms with Gasteiger partial charge in [0.15, 0.2) is 0 Å². The zero-order valence-corrected chi connectivity index (χ0v) is 12.9. The zero-order valence-electron chi connectivity index (χ0n) is 12.9. The summed E-state index contributed by atoms with van der Waals surface area (Å²) < 4.78 is 4.78. The number of carbonyl (C=O) groups excluding carboxylic acids is 2. The van der Waals surface area contributed by atoms with Crippen molar-refractivity contribution in [3.63, 3.8) is 0 Å². The van der Waals surface area contributed by atoms with Crippen LogP contribution in [-0.4, -0.2) is 37.0 Å². The van der Waals surface area contributed by atoms with Gasteiger partial charge in [0.2, 0.25) is 5.91 Å². The molecule has 1 unspecified atom stereocenters.